The summed E-state index contributed by atoms with van der Waals surface area (Å²) in [4.78, 5) is 0. The quantitative estimate of drug-likeness (QED) is 0.695. The second-order valence-electron chi connectivity index (χ2n) is 3.99. The van der Waals surface area contributed by atoms with E-state index in [1.165, 1.54) is 12.2 Å². The monoisotopic (exact) mass is 175 g/mol. The Morgan fingerprint density at radius 1 is 1.36 bits per heavy atom. The molecule has 0 aliphatic heterocycles. The van der Waals surface area contributed by atoms with E-state index in [0.29, 0.717) is 0 Å². The highest BCUT2D eigenvalue weighted by Gasteiger charge is 2.15. The van der Waals surface area contributed by atoms with E-state index in [2.05, 4.69) is 27.7 Å². The highest BCUT2D eigenvalue weighted by atomic mass is 32.2. The minimum Gasteiger partial charge on any atom is -0.329 e. The van der Waals surface area contributed by atoms with Crippen LogP contribution in [0.3, 0.4) is 0 Å². The molecule has 0 amide bonds. The second kappa shape index (κ2) is 5.04. The molecule has 0 atom stereocenters. The summed E-state index contributed by atoms with van der Waals surface area (Å²) in [5.74, 6) is 2.05. The molecule has 0 unspecified atom stereocenters. The lowest BCUT2D eigenvalue weighted by atomic mass is 10.2. The van der Waals surface area contributed by atoms with E-state index in [9.17, 15) is 0 Å². The van der Waals surface area contributed by atoms with Crippen LogP contribution in [0.2, 0.25) is 0 Å². The molecule has 0 heterocycles. The van der Waals surface area contributed by atoms with Gasteiger partial charge in [0.15, 0.2) is 0 Å². The normalized spacial score (nSPS) is 12.5. The fourth-order valence-corrected chi connectivity index (χ4v) is 1.89. The Morgan fingerprint density at radius 2 is 1.91 bits per heavy atom. The second-order valence-corrected chi connectivity index (χ2v) is 5.80. The first kappa shape index (κ1) is 11.3. The summed E-state index contributed by atoms with van der Waals surface area (Å²) in [6.07, 6.45) is 1.30. The summed E-state index contributed by atoms with van der Waals surface area (Å²) < 4.78 is 0.273. The van der Waals surface area contributed by atoms with Crippen molar-refractivity contribution in [3.8, 4) is 0 Å². The predicted molar refractivity (Wildman–Crippen MR) is 55.0 cm³/mol. The molecule has 0 aliphatic rings. The first-order valence-corrected chi connectivity index (χ1v) is 5.30. The van der Waals surface area contributed by atoms with Crippen molar-refractivity contribution in [2.24, 2.45) is 11.7 Å². The highest BCUT2D eigenvalue weighted by molar-refractivity contribution is 8.00. The number of rotatable bonds is 5. The lowest BCUT2D eigenvalue weighted by Gasteiger charge is -2.21. The third-order valence-corrected chi connectivity index (χ3v) is 3.07. The summed E-state index contributed by atoms with van der Waals surface area (Å²) in [5.41, 5.74) is 5.60. The number of thioether (sulfide) groups is 1. The van der Waals surface area contributed by atoms with E-state index in [1.54, 1.807) is 0 Å². The summed E-state index contributed by atoms with van der Waals surface area (Å²) in [6, 6.07) is 0. The molecular weight excluding hydrogens is 154 g/mol. The largest absolute Gasteiger partial charge is 0.329 e. The van der Waals surface area contributed by atoms with Crippen LogP contribution in [0, 0.1) is 5.92 Å². The van der Waals surface area contributed by atoms with Crippen molar-refractivity contribution in [3.63, 3.8) is 0 Å². The van der Waals surface area contributed by atoms with Crippen molar-refractivity contribution in [2.75, 3.05) is 12.3 Å². The van der Waals surface area contributed by atoms with E-state index in [0.717, 1.165) is 12.5 Å². The van der Waals surface area contributed by atoms with Gasteiger partial charge in [-0.2, -0.15) is 11.8 Å². The van der Waals surface area contributed by atoms with Gasteiger partial charge in [0.2, 0.25) is 0 Å². The van der Waals surface area contributed by atoms with Gasteiger partial charge in [-0.15, -0.1) is 0 Å². The Hall–Kier alpha value is 0.310. The standard InChI is InChI=1S/C9H21NS/c1-8(2)5-6-11-9(3,4)7-10/h8H,5-7,10H2,1-4H3. The minimum absolute atomic E-state index is 0.273. The zero-order valence-corrected chi connectivity index (χ0v) is 9.00. The highest BCUT2D eigenvalue weighted by Crippen LogP contribution is 2.24. The molecule has 0 fully saturated rings. The van der Waals surface area contributed by atoms with Crippen LogP contribution < -0.4 is 5.73 Å². The van der Waals surface area contributed by atoms with Crippen LogP contribution in [0.15, 0.2) is 0 Å². The molecule has 0 radical (unpaired) electrons. The average Bonchev–Trinajstić information content (AvgIpc) is 1.87. The Labute approximate surface area is 75.1 Å². The molecule has 0 spiro atoms. The first-order valence-electron chi connectivity index (χ1n) is 4.32. The smallest absolute Gasteiger partial charge is 0.0225 e. The van der Waals surface area contributed by atoms with Crippen LogP contribution in [0.5, 0.6) is 0 Å². The van der Waals surface area contributed by atoms with Crippen molar-refractivity contribution < 1.29 is 0 Å². The van der Waals surface area contributed by atoms with Crippen LogP contribution in [-0.4, -0.2) is 17.0 Å². The van der Waals surface area contributed by atoms with E-state index in [4.69, 9.17) is 5.73 Å². The molecule has 0 aromatic heterocycles. The topological polar surface area (TPSA) is 26.0 Å². The molecule has 1 nitrogen and oxygen atoms in total. The molecular formula is C9H21NS. The molecule has 68 valence electrons. The van der Waals surface area contributed by atoms with Crippen molar-refractivity contribution >= 4 is 11.8 Å². The molecule has 0 aliphatic carbocycles. The zero-order chi connectivity index (χ0) is 8.91. The van der Waals surface area contributed by atoms with Gasteiger partial charge in [0, 0.05) is 11.3 Å². The van der Waals surface area contributed by atoms with Crippen molar-refractivity contribution in [3.05, 3.63) is 0 Å². The van der Waals surface area contributed by atoms with Gasteiger partial charge in [0.25, 0.3) is 0 Å². The van der Waals surface area contributed by atoms with E-state index < -0.39 is 0 Å². The fourth-order valence-electron chi connectivity index (χ4n) is 0.630. The first-order chi connectivity index (χ1) is 4.98. The summed E-state index contributed by atoms with van der Waals surface area (Å²) in [7, 11) is 0. The summed E-state index contributed by atoms with van der Waals surface area (Å²) in [5, 5.41) is 0. The van der Waals surface area contributed by atoms with Crippen molar-refractivity contribution in [1.82, 2.24) is 0 Å². The van der Waals surface area contributed by atoms with E-state index in [-0.39, 0.29) is 4.75 Å². The van der Waals surface area contributed by atoms with Crippen LogP contribution in [0.4, 0.5) is 0 Å². The van der Waals surface area contributed by atoms with Gasteiger partial charge in [-0.1, -0.05) is 13.8 Å². The molecule has 2 N–H and O–H groups in total. The van der Waals surface area contributed by atoms with Crippen LogP contribution in [0.25, 0.3) is 0 Å². The van der Waals surface area contributed by atoms with Crippen LogP contribution >= 0.6 is 11.8 Å². The Bertz CT molecular complexity index is 99.7. The van der Waals surface area contributed by atoms with E-state index >= 15 is 0 Å². The molecule has 0 bridgehead atoms. The van der Waals surface area contributed by atoms with Gasteiger partial charge in [-0.05, 0) is 31.9 Å². The number of hydrogen-bond donors (Lipinski definition) is 1. The maximum Gasteiger partial charge on any atom is 0.0225 e. The Balaban J connectivity index is 3.38. The summed E-state index contributed by atoms with van der Waals surface area (Å²) >= 11 is 1.98. The lowest BCUT2D eigenvalue weighted by molar-refractivity contribution is 0.627. The van der Waals surface area contributed by atoms with Crippen molar-refractivity contribution in [1.29, 1.82) is 0 Å². The maximum absolute atomic E-state index is 5.60. The fraction of sp³-hybridized carbons (Fsp3) is 1.00. The molecule has 0 saturated heterocycles. The Morgan fingerprint density at radius 3 is 2.27 bits per heavy atom. The zero-order valence-electron chi connectivity index (χ0n) is 8.18. The SMILES string of the molecule is CC(C)CCSC(C)(C)CN. The van der Waals surface area contributed by atoms with Crippen LogP contribution in [0.1, 0.15) is 34.1 Å². The molecule has 0 aromatic rings. The predicted octanol–water partition coefficient (Wildman–Crippen LogP) is 2.50. The van der Waals surface area contributed by atoms with E-state index in [1.807, 2.05) is 11.8 Å². The van der Waals surface area contributed by atoms with Gasteiger partial charge in [-0.25, -0.2) is 0 Å². The average molecular weight is 175 g/mol. The van der Waals surface area contributed by atoms with Crippen molar-refractivity contribution in [2.45, 2.75) is 38.9 Å². The van der Waals surface area contributed by atoms with Crippen LogP contribution in [-0.2, 0) is 0 Å². The van der Waals surface area contributed by atoms with Gasteiger partial charge in [-0.3, -0.25) is 0 Å². The van der Waals surface area contributed by atoms with Gasteiger partial charge >= 0.3 is 0 Å². The molecule has 0 aromatic carbocycles. The molecule has 11 heavy (non-hydrogen) atoms. The summed E-state index contributed by atoms with van der Waals surface area (Å²) in [6.45, 7) is 9.71. The Kier molecular flexibility index (Phi) is 5.19. The number of hydrogen-bond acceptors (Lipinski definition) is 2. The van der Waals surface area contributed by atoms with Gasteiger partial charge < -0.3 is 5.73 Å². The number of nitrogens with two attached hydrogens (primary N) is 1. The maximum atomic E-state index is 5.60. The lowest BCUT2D eigenvalue weighted by Crippen LogP contribution is -2.27. The molecule has 2 heteroatoms. The molecule has 0 saturated carbocycles. The third-order valence-electron chi connectivity index (χ3n) is 1.68. The third kappa shape index (κ3) is 6.70. The van der Waals surface area contributed by atoms with Gasteiger partial charge in [0.05, 0.1) is 0 Å². The molecule has 0 rings (SSSR count). The van der Waals surface area contributed by atoms with Gasteiger partial charge in [0.1, 0.15) is 0 Å². The minimum atomic E-state index is 0.273.